The SMILES string of the molecule is CC/C=C\C/C=C\C/C=C\C/C=C\C/C=C\C/C=C\CCCCCCCCCCCCCCCCC(=O)OCC(O)COP(=O)(O)OCC(O)COP(=O)(O)OCC(COC(=O)CCCCCCC/C=C\CCCCCCCC)OC(=O)CCCCCCC/C=C\CCCC. The number of carbonyl (C=O) groups is 3. The molecule has 0 aromatic carbocycles. The molecule has 0 bridgehead atoms. The Morgan fingerprint density at radius 2 is 0.568 bits per heavy atom. The average Bonchev–Trinajstić information content (AvgIpc) is 3.18. The van der Waals surface area contributed by atoms with E-state index in [1.54, 1.807) is 0 Å². The van der Waals surface area contributed by atoms with Crippen LogP contribution in [0, 0.1) is 0 Å². The summed E-state index contributed by atoms with van der Waals surface area (Å²) in [6, 6.07) is 0. The Kier molecular flexibility index (Phi) is 67.7. The molecular formula is C77H136O16P2. The van der Waals surface area contributed by atoms with Gasteiger partial charge in [0.05, 0.1) is 26.4 Å². The van der Waals surface area contributed by atoms with Gasteiger partial charge in [-0.05, 0) is 116 Å². The summed E-state index contributed by atoms with van der Waals surface area (Å²) in [5.74, 6) is -1.59. The van der Waals surface area contributed by atoms with Gasteiger partial charge < -0.3 is 34.2 Å². The Bertz CT molecular complexity index is 2120. The van der Waals surface area contributed by atoms with Crippen molar-refractivity contribution in [3.05, 3.63) is 97.2 Å². The quantitative estimate of drug-likeness (QED) is 0.0146. The predicted molar refractivity (Wildman–Crippen MR) is 390 cm³/mol. The Labute approximate surface area is 578 Å². The van der Waals surface area contributed by atoms with E-state index in [9.17, 15) is 43.5 Å². The van der Waals surface area contributed by atoms with E-state index in [1.165, 1.54) is 116 Å². The molecule has 0 amide bonds. The van der Waals surface area contributed by atoms with Gasteiger partial charge in [-0.3, -0.25) is 32.5 Å². The molecule has 5 atom stereocenters. The highest BCUT2D eigenvalue weighted by Gasteiger charge is 2.29. The lowest BCUT2D eigenvalue weighted by molar-refractivity contribution is -0.161. The van der Waals surface area contributed by atoms with Gasteiger partial charge >= 0.3 is 33.6 Å². The van der Waals surface area contributed by atoms with Gasteiger partial charge in [0, 0.05) is 19.3 Å². The monoisotopic (exact) mass is 1380 g/mol. The molecule has 550 valence electrons. The van der Waals surface area contributed by atoms with Gasteiger partial charge in [-0.2, -0.15) is 0 Å². The van der Waals surface area contributed by atoms with Gasteiger partial charge in [-0.25, -0.2) is 9.13 Å². The molecule has 5 unspecified atom stereocenters. The predicted octanol–water partition coefficient (Wildman–Crippen LogP) is 21.4. The van der Waals surface area contributed by atoms with Crippen LogP contribution in [0.4, 0.5) is 0 Å². The molecular weight excluding hydrogens is 1240 g/mol. The van der Waals surface area contributed by atoms with Crippen molar-refractivity contribution in [2.45, 2.75) is 334 Å². The molecule has 0 aromatic rings. The van der Waals surface area contributed by atoms with Gasteiger partial charge in [0.1, 0.15) is 25.4 Å². The lowest BCUT2D eigenvalue weighted by Crippen LogP contribution is -2.30. The number of esters is 3. The molecule has 0 aliphatic rings. The summed E-state index contributed by atoms with van der Waals surface area (Å²) < 4.78 is 60.9. The van der Waals surface area contributed by atoms with E-state index in [-0.39, 0.29) is 19.3 Å². The van der Waals surface area contributed by atoms with E-state index in [0.29, 0.717) is 19.3 Å². The summed E-state index contributed by atoms with van der Waals surface area (Å²) >= 11 is 0. The zero-order chi connectivity index (χ0) is 69.5. The van der Waals surface area contributed by atoms with Crippen LogP contribution in [-0.2, 0) is 55.8 Å². The van der Waals surface area contributed by atoms with Crippen molar-refractivity contribution in [3.8, 4) is 0 Å². The molecule has 0 saturated carbocycles. The number of aliphatic hydroxyl groups is 2. The van der Waals surface area contributed by atoms with Crippen molar-refractivity contribution in [1.82, 2.24) is 0 Å². The molecule has 4 N–H and O–H groups in total. The second-order valence-electron chi connectivity index (χ2n) is 25.1. The first-order chi connectivity index (χ1) is 46.2. The molecule has 95 heavy (non-hydrogen) atoms. The summed E-state index contributed by atoms with van der Waals surface area (Å²) in [5, 5.41) is 20.6. The maximum Gasteiger partial charge on any atom is 0.472 e. The molecule has 18 heteroatoms. The van der Waals surface area contributed by atoms with E-state index in [1.807, 2.05) is 0 Å². The molecule has 0 fully saturated rings. The highest BCUT2D eigenvalue weighted by atomic mass is 31.2. The molecule has 0 rings (SSSR count). The van der Waals surface area contributed by atoms with Gasteiger partial charge in [-0.1, -0.05) is 279 Å². The molecule has 0 aromatic heterocycles. The van der Waals surface area contributed by atoms with Crippen molar-refractivity contribution in [3.63, 3.8) is 0 Å². The third-order valence-electron chi connectivity index (χ3n) is 15.8. The number of aliphatic hydroxyl groups excluding tert-OH is 2. The van der Waals surface area contributed by atoms with E-state index in [0.717, 1.165) is 141 Å². The normalized spacial score (nSPS) is 14.6. The summed E-state index contributed by atoms with van der Waals surface area (Å²) in [5.41, 5.74) is 0. The Morgan fingerprint density at radius 3 is 0.926 bits per heavy atom. The first-order valence-electron chi connectivity index (χ1n) is 37.5. The topological polar surface area (TPSA) is 231 Å². The Hall–Kier alpha value is -3.53. The standard InChI is InChI=1S/C77H136O16P2/c1-4-7-10-13-16-19-22-24-26-27-28-29-30-31-32-33-34-35-36-37-38-39-40-41-42-43-45-47-49-51-54-57-60-63-75(80)87-66-72(78)67-89-94(83,84)90-68-73(79)69-91-95(85,86)92-71-74(93-77(82)65-62-59-56-53-48-21-18-15-12-9-6-3)70-88-76(81)64-61-58-55-52-50-46-44-25-23-20-17-14-11-8-5-2/h7,10,15-16,18-19,24-26,28-29,31-32,34-35,44,72-74,78-79H,4-6,8-9,11-14,17,20-23,27,30,33,36-43,45-71H2,1-3H3,(H,83,84)(H,85,86)/b10-7-,18-15-,19-16-,26-24-,29-28-,32-31-,35-34-,44-25-. The Morgan fingerprint density at radius 1 is 0.305 bits per heavy atom. The third kappa shape index (κ3) is 71.6. The van der Waals surface area contributed by atoms with Crippen LogP contribution in [0.25, 0.3) is 0 Å². The second-order valence-corrected chi connectivity index (χ2v) is 28.0. The fourth-order valence-electron chi connectivity index (χ4n) is 10.0. The summed E-state index contributed by atoms with van der Waals surface area (Å²) in [6.07, 6.45) is 79.2. The minimum atomic E-state index is -4.92. The van der Waals surface area contributed by atoms with E-state index in [4.69, 9.17) is 32.3 Å². The minimum Gasteiger partial charge on any atom is -0.463 e. The second kappa shape index (κ2) is 70.3. The summed E-state index contributed by atoms with van der Waals surface area (Å²) in [6.45, 7) is 2.51. The third-order valence-corrected chi connectivity index (χ3v) is 17.7. The van der Waals surface area contributed by atoms with Gasteiger partial charge in [0.25, 0.3) is 0 Å². The van der Waals surface area contributed by atoms with Crippen molar-refractivity contribution < 1.29 is 75.8 Å². The fraction of sp³-hybridized carbons (Fsp3) is 0.753. The van der Waals surface area contributed by atoms with Gasteiger partial charge in [0.15, 0.2) is 6.10 Å². The molecule has 16 nitrogen and oxygen atoms in total. The molecule has 0 heterocycles. The number of hydrogen-bond acceptors (Lipinski definition) is 14. The van der Waals surface area contributed by atoms with Crippen LogP contribution in [-0.4, -0.2) is 95.9 Å². The summed E-state index contributed by atoms with van der Waals surface area (Å²) in [7, 11) is -9.77. The maximum absolute atomic E-state index is 12.9. The molecule has 0 saturated heterocycles. The minimum absolute atomic E-state index is 0.0944. The van der Waals surface area contributed by atoms with Crippen LogP contribution in [0.5, 0.6) is 0 Å². The van der Waals surface area contributed by atoms with E-state index >= 15 is 0 Å². The average molecular weight is 1380 g/mol. The highest BCUT2D eigenvalue weighted by Crippen LogP contribution is 2.45. The van der Waals surface area contributed by atoms with Crippen molar-refractivity contribution >= 4 is 33.6 Å². The van der Waals surface area contributed by atoms with Gasteiger partial charge in [0.2, 0.25) is 0 Å². The van der Waals surface area contributed by atoms with Crippen molar-refractivity contribution in [1.29, 1.82) is 0 Å². The van der Waals surface area contributed by atoms with Crippen LogP contribution >= 0.6 is 15.6 Å². The van der Waals surface area contributed by atoms with Crippen LogP contribution in [0.2, 0.25) is 0 Å². The number of carbonyl (C=O) groups excluding carboxylic acids is 3. The maximum atomic E-state index is 12.9. The lowest BCUT2D eigenvalue weighted by Gasteiger charge is -2.21. The number of phosphoric acid groups is 2. The zero-order valence-electron chi connectivity index (χ0n) is 59.8. The number of phosphoric ester groups is 2. The van der Waals surface area contributed by atoms with Crippen LogP contribution in [0.15, 0.2) is 97.2 Å². The first kappa shape index (κ1) is 91.5. The fourth-order valence-corrected chi connectivity index (χ4v) is 11.6. The Balaban J connectivity index is 4.33. The van der Waals surface area contributed by atoms with Crippen LogP contribution in [0.1, 0.15) is 316 Å². The summed E-state index contributed by atoms with van der Waals surface area (Å²) in [4.78, 5) is 58.3. The van der Waals surface area contributed by atoms with Gasteiger partial charge in [-0.15, -0.1) is 0 Å². The smallest absolute Gasteiger partial charge is 0.463 e. The van der Waals surface area contributed by atoms with Crippen LogP contribution < -0.4 is 0 Å². The van der Waals surface area contributed by atoms with E-state index < -0.39 is 91.5 Å². The zero-order valence-corrected chi connectivity index (χ0v) is 61.6. The van der Waals surface area contributed by atoms with Crippen molar-refractivity contribution in [2.24, 2.45) is 0 Å². The first-order valence-corrected chi connectivity index (χ1v) is 40.5. The molecule has 0 aliphatic carbocycles. The van der Waals surface area contributed by atoms with Crippen LogP contribution in [0.3, 0.4) is 0 Å². The number of allylic oxidation sites excluding steroid dienone is 16. The lowest BCUT2D eigenvalue weighted by atomic mass is 10.0. The number of rotatable bonds is 71. The number of ether oxygens (including phenoxy) is 3. The number of hydrogen-bond donors (Lipinski definition) is 4. The van der Waals surface area contributed by atoms with E-state index in [2.05, 4.69) is 118 Å². The molecule has 0 aliphatic heterocycles. The molecule has 0 spiro atoms. The number of unbranched alkanes of at least 4 members (excludes halogenated alkanes) is 32. The van der Waals surface area contributed by atoms with Crippen molar-refractivity contribution in [2.75, 3.05) is 39.6 Å². The molecule has 0 radical (unpaired) electrons. The largest absolute Gasteiger partial charge is 0.472 e. The highest BCUT2D eigenvalue weighted by molar-refractivity contribution is 7.47.